The summed E-state index contributed by atoms with van der Waals surface area (Å²) in [7, 11) is 0. The molecule has 0 unspecified atom stereocenters. The molecule has 2 aromatic heterocycles. The van der Waals surface area contributed by atoms with Crippen LogP contribution in [0.1, 0.15) is 39.8 Å². The summed E-state index contributed by atoms with van der Waals surface area (Å²) in [5.41, 5.74) is 2.74. The van der Waals surface area contributed by atoms with Crippen molar-refractivity contribution in [3.63, 3.8) is 0 Å². The van der Waals surface area contributed by atoms with Crippen molar-refractivity contribution in [2.75, 3.05) is 6.61 Å². The van der Waals surface area contributed by atoms with Gasteiger partial charge in [-0.2, -0.15) is 4.99 Å². The molecule has 27 heavy (non-hydrogen) atoms. The maximum atomic E-state index is 12.7. The van der Waals surface area contributed by atoms with E-state index in [-0.39, 0.29) is 18.4 Å². The number of hydrogen-bond acceptors (Lipinski definition) is 6. The lowest BCUT2D eigenvalue weighted by molar-refractivity contribution is -0.143. The number of carbonyl (C=O) groups excluding carboxylic acids is 2. The van der Waals surface area contributed by atoms with Gasteiger partial charge in [0.1, 0.15) is 11.4 Å². The van der Waals surface area contributed by atoms with Gasteiger partial charge in [-0.1, -0.05) is 24.3 Å². The first-order chi connectivity index (χ1) is 12.9. The summed E-state index contributed by atoms with van der Waals surface area (Å²) in [5.74, 6) is -0.687. The zero-order chi connectivity index (χ0) is 19.6. The summed E-state index contributed by atoms with van der Waals surface area (Å²) in [6.07, 6.45) is 0.913. The van der Waals surface area contributed by atoms with Crippen LogP contribution in [-0.4, -0.2) is 28.0 Å². The molecule has 8 heteroatoms. The maximum Gasteiger partial charge on any atom is 0.326 e. The van der Waals surface area contributed by atoms with Crippen LogP contribution >= 0.6 is 22.7 Å². The van der Waals surface area contributed by atoms with Gasteiger partial charge in [0.25, 0.3) is 5.91 Å². The van der Waals surface area contributed by atoms with Crippen LogP contribution in [0.15, 0.2) is 23.2 Å². The number of thiazole rings is 2. The summed E-state index contributed by atoms with van der Waals surface area (Å²) in [6, 6.07) is 6.07. The van der Waals surface area contributed by atoms with Crippen LogP contribution in [0.5, 0.6) is 0 Å². The van der Waals surface area contributed by atoms with Gasteiger partial charge < -0.3 is 9.30 Å². The Balaban J connectivity index is 2.13. The first kappa shape index (κ1) is 19.4. The van der Waals surface area contributed by atoms with Crippen molar-refractivity contribution in [3.05, 3.63) is 44.1 Å². The van der Waals surface area contributed by atoms with Gasteiger partial charge in [-0.05, 0) is 44.9 Å². The monoisotopic (exact) mass is 403 g/mol. The summed E-state index contributed by atoms with van der Waals surface area (Å²) < 4.78 is 7.82. The number of rotatable bonds is 5. The van der Waals surface area contributed by atoms with E-state index in [2.05, 4.69) is 23.0 Å². The SMILES string of the molecule is CCOC(=O)Cn1c(=NC(=O)c2sc(C)nc2C)sc2cc(CC)ccc21. The highest BCUT2D eigenvalue weighted by atomic mass is 32.1. The Hall–Kier alpha value is -2.32. The fourth-order valence-corrected chi connectivity index (χ4v) is 4.67. The Morgan fingerprint density at radius 2 is 2.00 bits per heavy atom. The van der Waals surface area contributed by atoms with E-state index in [1.807, 2.05) is 19.1 Å². The van der Waals surface area contributed by atoms with Crippen LogP contribution in [0.2, 0.25) is 0 Å². The smallest absolute Gasteiger partial charge is 0.326 e. The van der Waals surface area contributed by atoms with Crippen molar-refractivity contribution in [1.29, 1.82) is 0 Å². The quantitative estimate of drug-likeness (QED) is 0.610. The third-order valence-corrected chi connectivity index (χ3v) is 6.14. The van der Waals surface area contributed by atoms with E-state index >= 15 is 0 Å². The molecule has 0 saturated carbocycles. The minimum absolute atomic E-state index is 0.0200. The highest BCUT2D eigenvalue weighted by Gasteiger charge is 2.16. The van der Waals surface area contributed by atoms with Crippen molar-refractivity contribution in [1.82, 2.24) is 9.55 Å². The number of nitrogens with zero attached hydrogens (tertiary/aromatic N) is 3. The Bertz CT molecular complexity index is 1080. The number of aryl methyl sites for hydroxylation is 3. The van der Waals surface area contributed by atoms with Crippen LogP contribution in [0.4, 0.5) is 0 Å². The van der Waals surface area contributed by atoms with E-state index in [4.69, 9.17) is 4.74 Å². The minimum Gasteiger partial charge on any atom is -0.465 e. The van der Waals surface area contributed by atoms with Crippen molar-refractivity contribution in [3.8, 4) is 0 Å². The van der Waals surface area contributed by atoms with Crippen LogP contribution in [0, 0.1) is 13.8 Å². The van der Waals surface area contributed by atoms with Gasteiger partial charge in [0.05, 0.1) is 27.5 Å². The third-order valence-electron chi connectivity index (χ3n) is 4.04. The number of fused-ring (bicyclic) bond motifs is 1. The second kappa shape index (κ2) is 8.14. The average Bonchev–Trinajstić information content (AvgIpc) is 3.14. The van der Waals surface area contributed by atoms with Crippen LogP contribution in [0.25, 0.3) is 10.2 Å². The second-order valence-electron chi connectivity index (χ2n) is 6.00. The van der Waals surface area contributed by atoms with Gasteiger partial charge in [-0.25, -0.2) is 4.98 Å². The predicted molar refractivity (Wildman–Crippen MR) is 107 cm³/mol. The van der Waals surface area contributed by atoms with Gasteiger partial charge in [-0.15, -0.1) is 11.3 Å². The number of hydrogen-bond donors (Lipinski definition) is 0. The van der Waals surface area contributed by atoms with Gasteiger partial charge in [0.2, 0.25) is 0 Å². The highest BCUT2D eigenvalue weighted by Crippen LogP contribution is 2.21. The lowest BCUT2D eigenvalue weighted by Crippen LogP contribution is -2.23. The molecule has 0 aliphatic rings. The van der Waals surface area contributed by atoms with E-state index < -0.39 is 0 Å². The fourth-order valence-electron chi connectivity index (χ4n) is 2.78. The molecule has 6 nitrogen and oxygen atoms in total. The second-order valence-corrected chi connectivity index (χ2v) is 8.21. The van der Waals surface area contributed by atoms with Crippen LogP contribution in [-0.2, 0) is 22.5 Å². The number of ether oxygens (including phenoxy) is 1. The number of benzene rings is 1. The number of amides is 1. The van der Waals surface area contributed by atoms with E-state index in [1.54, 1.807) is 18.4 Å². The number of carbonyl (C=O) groups is 2. The standard InChI is InChI=1S/C19H21N3O3S2/c1-5-13-7-8-14-15(9-13)27-19(22(14)10-16(23)25-6-2)21-18(24)17-11(3)20-12(4)26-17/h7-9H,5-6,10H2,1-4H3. The lowest BCUT2D eigenvalue weighted by Gasteiger charge is -2.05. The summed E-state index contributed by atoms with van der Waals surface area (Å²) in [5, 5.41) is 0.828. The molecule has 142 valence electrons. The van der Waals surface area contributed by atoms with E-state index in [0.29, 0.717) is 22.0 Å². The zero-order valence-electron chi connectivity index (χ0n) is 15.7. The summed E-state index contributed by atoms with van der Waals surface area (Å²) in [6.45, 7) is 7.85. The molecule has 0 bridgehead atoms. The molecule has 2 heterocycles. The molecule has 3 aromatic rings. The average molecular weight is 404 g/mol. The van der Waals surface area contributed by atoms with E-state index in [0.717, 1.165) is 21.6 Å². The molecule has 0 aliphatic heterocycles. The van der Waals surface area contributed by atoms with Crippen molar-refractivity contribution in [2.45, 2.75) is 40.7 Å². The largest absolute Gasteiger partial charge is 0.465 e. The summed E-state index contributed by atoms with van der Waals surface area (Å²) in [4.78, 5) is 34.4. The minimum atomic E-state index is -0.351. The molecule has 0 spiro atoms. The first-order valence-corrected chi connectivity index (χ1v) is 10.4. The van der Waals surface area contributed by atoms with Gasteiger partial charge in [0.15, 0.2) is 4.80 Å². The maximum absolute atomic E-state index is 12.7. The van der Waals surface area contributed by atoms with Crippen LogP contribution < -0.4 is 4.80 Å². The number of aromatic nitrogens is 2. The normalized spacial score (nSPS) is 11.9. The van der Waals surface area contributed by atoms with Crippen molar-refractivity contribution in [2.24, 2.45) is 4.99 Å². The zero-order valence-corrected chi connectivity index (χ0v) is 17.4. The van der Waals surface area contributed by atoms with Crippen LogP contribution in [0.3, 0.4) is 0 Å². The molecule has 0 aliphatic carbocycles. The Labute approximate surface area is 165 Å². The molecule has 0 saturated heterocycles. The molecule has 0 N–H and O–H groups in total. The lowest BCUT2D eigenvalue weighted by atomic mass is 10.2. The summed E-state index contributed by atoms with van der Waals surface area (Å²) >= 11 is 2.73. The number of esters is 1. The predicted octanol–water partition coefficient (Wildman–Crippen LogP) is 3.64. The Morgan fingerprint density at radius 3 is 2.63 bits per heavy atom. The van der Waals surface area contributed by atoms with E-state index in [1.165, 1.54) is 28.2 Å². The molecule has 0 atom stereocenters. The third kappa shape index (κ3) is 4.17. The van der Waals surface area contributed by atoms with Gasteiger partial charge in [-0.3, -0.25) is 9.59 Å². The molecular formula is C19H21N3O3S2. The molecule has 1 aromatic carbocycles. The Morgan fingerprint density at radius 1 is 1.22 bits per heavy atom. The molecule has 1 amide bonds. The molecule has 0 radical (unpaired) electrons. The molecule has 3 rings (SSSR count). The van der Waals surface area contributed by atoms with E-state index in [9.17, 15) is 9.59 Å². The fraction of sp³-hybridized carbons (Fsp3) is 0.368. The van der Waals surface area contributed by atoms with Gasteiger partial charge in [0, 0.05) is 0 Å². The van der Waals surface area contributed by atoms with Crippen molar-refractivity contribution < 1.29 is 14.3 Å². The molecular weight excluding hydrogens is 382 g/mol. The topological polar surface area (TPSA) is 73.6 Å². The van der Waals surface area contributed by atoms with Gasteiger partial charge >= 0.3 is 5.97 Å². The highest BCUT2D eigenvalue weighted by molar-refractivity contribution is 7.16. The first-order valence-electron chi connectivity index (χ1n) is 8.73. The Kier molecular flexibility index (Phi) is 5.86. The van der Waals surface area contributed by atoms with Crippen molar-refractivity contribution >= 4 is 44.8 Å². The molecule has 0 fully saturated rings.